The van der Waals surface area contributed by atoms with E-state index in [0.29, 0.717) is 36.4 Å². The lowest BCUT2D eigenvalue weighted by molar-refractivity contribution is -0.345. The molecule has 1 N–H and O–H groups in total. The highest BCUT2D eigenvalue weighted by Gasteiger charge is 2.38. The lowest BCUT2D eigenvalue weighted by Gasteiger charge is -2.33. The fraction of sp³-hybridized carbons (Fsp3) is 0.594. The third-order valence-corrected chi connectivity index (χ3v) is 11.6. The van der Waals surface area contributed by atoms with Gasteiger partial charge in [0.15, 0.2) is 0 Å². The number of hydrogen-bond acceptors (Lipinski definition) is 4. The average molecular weight is 642 g/mol. The van der Waals surface area contributed by atoms with Gasteiger partial charge in [-0.1, -0.05) is 36.2 Å². The zero-order chi connectivity index (χ0) is 31.1. The van der Waals surface area contributed by atoms with Crippen molar-refractivity contribution in [3.05, 3.63) is 63.9 Å². The van der Waals surface area contributed by atoms with E-state index in [0.717, 1.165) is 42.4 Å². The molecule has 0 unspecified atom stereocenters. The molecule has 0 amide bonds. The molecule has 237 valence electrons. The van der Waals surface area contributed by atoms with E-state index in [-0.39, 0.29) is 30.5 Å². The number of carboxylic acid groups (broad SMARTS) is 1. The van der Waals surface area contributed by atoms with Gasteiger partial charge in [-0.15, -0.1) is 13.2 Å². The first-order valence-corrected chi connectivity index (χ1v) is 17.1. The Balaban J connectivity index is 1.51. The highest BCUT2D eigenvalue weighted by atomic mass is 35.5. The Labute approximate surface area is 258 Å². The normalized spacial score (nSPS) is 21.0. The molecule has 11 heteroatoms. The van der Waals surface area contributed by atoms with Crippen molar-refractivity contribution in [3.8, 4) is 0 Å². The number of hydrogen-bond donors (Lipinski definition) is 1. The molecular formula is C32H42ClF4N2O3Si. The smallest absolute Gasteiger partial charge is 0.484 e. The van der Waals surface area contributed by atoms with Crippen LogP contribution < -0.4 is 5.19 Å². The van der Waals surface area contributed by atoms with Crippen molar-refractivity contribution < 1.29 is 32.2 Å². The van der Waals surface area contributed by atoms with Crippen LogP contribution in [-0.4, -0.2) is 74.8 Å². The van der Waals surface area contributed by atoms with Crippen molar-refractivity contribution in [1.82, 2.24) is 9.47 Å². The minimum atomic E-state index is -4.66. The molecule has 1 heterocycles. The Kier molecular flexibility index (Phi) is 12.1. The minimum Gasteiger partial charge on any atom is -0.484 e. The van der Waals surface area contributed by atoms with Crippen LogP contribution in [0.25, 0.3) is 0 Å². The summed E-state index contributed by atoms with van der Waals surface area (Å²) in [4.78, 5) is 15.2. The number of ether oxygens (including phenoxy) is 1. The first-order valence-electron chi connectivity index (χ1n) is 15.3. The summed E-state index contributed by atoms with van der Waals surface area (Å²) in [7, 11) is -0.462. The number of carbonyl (C=O) groups is 1. The van der Waals surface area contributed by atoms with Gasteiger partial charge in [-0.3, -0.25) is 9.53 Å². The number of piperidine rings is 1. The van der Waals surface area contributed by atoms with Gasteiger partial charge in [0, 0.05) is 5.02 Å². The van der Waals surface area contributed by atoms with Crippen LogP contribution in [0.15, 0.2) is 36.4 Å². The minimum absolute atomic E-state index is 0.0325. The third-order valence-electron chi connectivity index (χ3n) is 9.00. The van der Waals surface area contributed by atoms with Crippen LogP contribution in [0, 0.1) is 12.7 Å². The van der Waals surface area contributed by atoms with Crippen LogP contribution in [0.5, 0.6) is 0 Å². The van der Waals surface area contributed by atoms with E-state index in [9.17, 15) is 23.1 Å². The predicted octanol–water partition coefficient (Wildman–Crippen LogP) is 7.79. The van der Waals surface area contributed by atoms with Crippen LogP contribution in [0.1, 0.15) is 86.3 Å². The molecule has 5 nitrogen and oxygen atoms in total. The molecule has 4 rings (SSSR count). The Morgan fingerprint density at radius 2 is 1.81 bits per heavy atom. The molecule has 1 atom stereocenters. The maximum atomic E-state index is 15.0. The van der Waals surface area contributed by atoms with Crippen molar-refractivity contribution in [1.29, 1.82) is 0 Å². The molecule has 0 spiro atoms. The Hall–Kier alpha value is -1.98. The van der Waals surface area contributed by atoms with Gasteiger partial charge >= 0.3 is 15.3 Å². The first-order chi connectivity index (χ1) is 20.4. The zero-order valence-electron chi connectivity index (χ0n) is 24.9. The third kappa shape index (κ3) is 9.50. The second-order valence-electron chi connectivity index (χ2n) is 12.0. The van der Waals surface area contributed by atoms with Crippen molar-refractivity contribution in [3.63, 3.8) is 0 Å². The van der Waals surface area contributed by atoms with Gasteiger partial charge in [-0.05, 0) is 143 Å². The molecule has 1 radical (unpaired) electrons. The van der Waals surface area contributed by atoms with Gasteiger partial charge < -0.3 is 14.6 Å². The van der Waals surface area contributed by atoms with Crippen molar-refractivity contribution in [2.45, 2.75) is 89.0 Å². The SMILES string of the molecule is Cc1cccc([Si](C(=O)O)N(C)CC[C@H](CCN2CCCCC2)c2cc(Cl)ccc2F)c1C1CCC(OC(F)(F)F)CC1. The summed E-state index contributed by atoms with van der Waals surface area (Å²) < 4.78 is 59.5. The summed E-state index contributed by atoms with van der Waals surface area (Å²) in [6, 6.07) is 10.3. The van der Waals surface area contributed by atoms with Gasteiger partial charge in [0.1, 0.15) is 5.82 Å². The van der Waals surface area contributed by atoms with Gasteiger partial charge in [-0.25, -0.2) is 4.39 Å². The summed E-state index contributed by atoms with van der Waals surface area (Å²) in [5.74, 6) is -0.457. The number of aryl methyl sites for hydroxylation is 1. The molecule has 0 bridgehead atoms. The van der Waals surface area contributed by atoms with Crippen LogP contribution in [0.3, 0.4) is 0 Å². The van der Waals surface area contributed by atoms with E-state index in [1.165, 1.54) is 25.3 Å². The Morgan fingerprint density at radius 3 is 2.47 bits per heavy atom. The van der Waals surface area contributed by atoms with E-state index in [1.807, 2.05) is 36.7 Å². The average Bonchev–Trinajstić information content (AvgIpc) is 2.95. The van der Waals surface area contributed by atoms with Crippen LogP contribution in [-0.2, 0) is 4.74 Å². The van der Waals surface area contributed by atoms with Gasteiger partial charge in [0.2, 0.25) is 0 Å². The quantitative estimate of drug-likeness (QED) is 0.189. The molecule has 1 aliphatic carbocycles. The van der Waals surface area contributed by atoms with Gasteiger partial charge in [-0.2, -0.15) is 0 Å². The number of alkyl halides is 3. The maximum absolute atomic E-state index is 15.0. The summed E-state index contributed by atoms with van der Waals surface area (Å²) in [5, 5.41) is 11.7. The highest BCUT2D eigenvalue weighted by molar-refractivity contribution is 6.96. The molecular weight excluding hydrogens is 600 g/mol. The lowest BCUT2D eigenvalue weighted by atomic mass is 9.81. The second-order valence-corrected chi connectivity index (χ2v) is 14.9. The number of likely N-dealkylation sites (tertiary alicyclic amines) is 1. The molecule has 0 aromatic heterocycles. The van der Waals surface area contributed by atoms with Crippen molar-refractivity contribution >= 4 is 31.3 Å². The fourth-order valence-corrected chi connectivity index (χ4v) is 9.25. The molecule has 2 aromatic carbocycles. The fourth-order valence-electron chi connectivity index (χ4n) is 6.84. The largest absolute Gasteiger partial charge is 0.522 e. The van der Waals surface area contributed by atoms with E-state index < -0.39 is 27.0 Å². The maximum Gasteiger partial charge on any atom is 0.522 e. The van der Waals surface area contributed by atoms with E-state index in [4.69, 9.17) is 11.6 Å². The van der Waals surface area contributed by atoms with Crippen molar-refractivity contribution in [2.24, 2.45) is 0 Å². The van der Waals surface area contributed by atoms with Crippen LogP contribution >= 0.6 is 11.6 Å². The summed E-state index contributed by atoms with van der Waals surface area (Å²) in [6.45, 7) is 5.32. The Morgan fingerprint density at radius 1 is 1.12 bits per heavy atom. The predicted molar refractivity (Wildman–Crippen MR) is 163 cm³/mol. The lowest BCUT2D eigenvalue weighted by Crippen LogP contribution is -2.54. The second kappa shape index (κ2) is 15.3. The molecule has 2 fully saturated rings. The molecule has 1 saturated heterocycles. The summed E-state index contributed by atoms with van der Waals surface area (Å²) >= 11 is 6.27. The topological polar surface area (TPSA) is 53.0 Å². The summed E-state index contributed by atoms with van der Waals surface area (Å²) in [5.41, 5.74) is 1.57. The van der Waals surface area contributed by atoms with Crippen molar-refractivity contribution in [2.75, 3.05) is 33.2 Å². The standard InChI is InChI=1S/C32H42ClF4N2O3Si/c1-22-7-6-8-29(30(22)24-9-12-26(13-10-24)42-32(35,36)37)43(31(40)41)38(2)19-15-23(16-20-39-17-4-3-5-18-39)27-21-25(33)11-14-28(27)34/h6-8,11,14,21,23-24,26H,3-5,9-10,12-13,15-20H2,1-2H3,(H,40,41)/t23-,24?,26?/m1/s1. The highest BCUT2D eigenvalue weighted by Crippen LogP contribution is 2.37. The first kappa shape index (κ1) is 33.9. The van der Waals surface area contributed by atoms with Gasteiger partial charge in [0.05, 0.1) is 6.10 Å². The number of rotatable bonds is 12. The molecule has 2 aliphatic rings. The molecule has 2 aromatic rings. The van der Waals surface area contributed by atoms with Crippen LogP contribution in [0.2, 0.25) is 5.02 Å². The monoisotopic (exact) mass is 641 g/mol. The Bertz CT molecular complexity index is 1220. The summed E-state index contributed by atoms with van der Waals surface area (Å²) in [6.07, 6.45) is 0.906. The molecule has 1 aliphatic heterocycles. The zero-order valence-corrected chi connectivity index (χ0v) is 26.7. The van der Waals surface area contributed by atoms with E-state index in [1.54, 1.807) is 12.1 Å². The molecule has 43 heavy (non-hydrogen) atoms. The number of benzene rings is 2. The van der Waals surface area contributed by atoms with Crippen LogP contribution in [0.4, 0.5) is 22.4 Å². The molecule has 1 saturated carbocycles. The number of halogens is 5. The van der Waals surface area contributed by atoms with Gasteiger partial charge in [0.25, 0.3) is 5.59 Å². The van der Waals surface area contributed by atoms with E-state index >= 15 is 4.39 Å². The van der Waals surface area contributed by atoms with E-state index in [2.05, 4.69) is 9.64 Å². The number of nitrogens with zero attached hydrogens (tertiary/aromatic N) is 2.